The first kappa shape index (κ1) is 11.4. The Morgan fingerprint density at radius 3 is 3.00 bits per heavy atom. The Morgan fingerprint density at radius 1 is 1.56 bits per heavy atom. The molecule has 0 aliphatic rings. The number of nitrogens with zero attached hydrogens (tertiary/aromatic N) is 1. The molecule has 16 heavy (non-hydrogen) atoms. The lowest BCUT2D eigenvalue weighted by molar-refractivity contribution is 1.12. The molecule has 2 heterocycles. The van der Waals surface area contributed by atoms with Crippen molar-refractivity contribution in [3.63, 3.8) is 0 Å². The first-order chi connectivity index (χ1) is 7.66. The van der Waals surface area contributed by atoms with Gasteiger partial charge in [-0.15, -0.1) is 11.3 Å². The molecule has 0 saturated heterocycles. The highest BCUT2D eigenvalue weighted by atomic mass is 79.9. The second-order valence-electron chi connectivity index (χ2n) is 3.47. The Balaban J connectivity index is 2.08. The molecule has 3 N–H and O–H groups in total. The monoisotopic (exact) mass is 297 g/mol. The van der Waals surface area contributed by atoms with Gasteiger partial charge in [-0.25, -0.2) is 4.98 Å². The molecule has 0 aliphatic carbocycles. The van der Waals surface area contributed by atoms with Crippen molar-refractivity contribution >= 4 is 38.8 Å². The van der Waals surface area contributed by atoms with Crippen molar-refractivity contribution in [3.05, 3.63) is 38.6 Å². The van der Waals surface area contributed by atoms with Gasteiger partial charge in [-0.05, 0) is 45.9 Å². The molecule has 2 aromatic heterocycles. The molecule has 5 heteroatoms. The van der Waals surface area contributed by atoms with Gasteiger partial charge in [0, 0.05) is 15.5 Å². The second-order valence-corrected chi connectivity index (χ2v) is 5.39. The van der Waals surface area contributed by atoms with Crippen LogP contribution in [0.2, 0.25) is 0 Å². The molecule has 0 unspecified atom stereocenters. The molecule has 0 aliphatic heterocycles. The van der Waals surface area contributed by atoms with Crippen LogP contribution in [0.3, 0.4) is 0 Å². The number of nitrogen functional groups attached to an aromatic ring is 1. The van der Waals surface area contributed by atoms with E-state index in [-0.39, 0.29) is 0 Å². The number of nitrogens with two attached hydrogens (primary N) is 1. The van der Waals surface area contributed by atoms with Crippen LogP contribution in [0.15, 0.2) is 28.2 Å². The van der Waals surface area contributed by atoms with Gasteiger partial charge < -0.3 is 11.1 Å². The number of nitrogens with one attached hydrogen (secondary N) is 1. The minimum absolute atomic E-state index is 0.656. The van der Waals surface area contributed by atoms with Crippen LogP contribution in [0.5, 0.6) is 0 Å². The molecule has 2 rings (SSSR count). The third kappa shape index (κ3) is 2.54. The van der Waals surface area contributed by atoms with E-state index in [1.807, 2.05) is 6.07 Å². The summed E-state index contributed by atoms with van der Waals surface area (Å²) >= 11 is 5.07. The summed E-state index contributed by atoms with van der Waals surface area (Å²) in [7, 11) is 0. The number of rotatable bonds is 3. The maximum absolute atomic E-state index is 5.85. The van der Waals surface area contributed by atoms with Gasteiger partial charge in [0.1, 0.15) is 5.82 Å². The average Bonchev–Trinajstić information content (AvgIpc) is 2.63. The van der Waals surface area contributed by atoms with Crippen molar-refractivity contribution in [3.8, 4) is 0 Å². The third-order valence-corrected chi connectivity index (χ3v) is 3.73. The molecule has 0 amide bonds. The van der Waals surface area contributed by atoms with Gasteiger partial charge in [0.05, 0.1) is 12.2 Å². The normalized spacial score (nSPS) is 10.4. The van der Waals surface area contributed by atoms with Crippen LogP contribution in [0.4, 0.5) is 11.5 Å². The predicted octanol–water partition coefficient (Wildman–Crippen LogP) is 3.41. The number of aromatic nitrogens is 1. The second kappa shape index (κ2) is 4.84. The number of aryl methyl sites for hydroxylation is 1. The number of pyridine rings is 1. The highest BCUT2D eigenvalue weighted by molar-refractivity contribution is 9.10. The molecule has 84 valence electrons. The SMILES string of the molecule is Cc1ccsc1CNc1ncc(Br)cc1N. The maximum atomic E-state index is 5.85. The minimum atomic E-state index is 0.656. The van der Waals surface area contributed by atoms with Gasteiger partial charge in [-0.2, -0.15) is 0 Å². The van der Waals surface area contributed by atoms with Gasteiger partial charge in [0.2, 0.25) is 0 Å². The largest absolute Gasteiger partial charge is 0.396 e. The quantitative estimate of drug-likeness (QED) is 0.913. The molecule has 0 aromatic carbocycles. The first-order valence-electron chi connectivity index (χ1n) is 4.84. The average molecular weight is 298 g/mol. The molecule has 0 atom stereocenters. The summed E-state index contributed by atoms with van der Waals surface area (Å²) in [4.78, 5) is 5.54. The highest BCUT2D eigenvalue weighted by Gasteiger charge is 2.03. The fraction of sp³-hybridized carbons (Fsp3) is 0.182. The summed E-state index contributed by atoms with van der Waals surface area (Å²) in [5.74, 6) is 0.732. The van der Waals surface area contributed by atoms with E-state index >= 15 is 0 Å². The zero-order valence-electron chi connectivity index (χ0n) is 8.83. The zero-order valence-corrected chi connectivity index (χ0v) is 11.2. The van der Waals surface area contributed by atoms with Gasteiger partial charge in [-0.3, -0.25) is 0 Å². The Morgan fingerprint density at radius 2 is 2.38 bits per heavy atom. The van der Waals surface area contributed by atoms with Crippen molar-refractivity contribution in [1.29, 1.82) is 0 Å². The zero-order chi connectivity index (χ0) is 11.5. The van der Waals surface area contributed by atoms with E-state index in [4.69, 9.17) is 5.73 Å². The standard InChI is InChI=1S/C11H12BrN3S/c1-7-2-3-16-10(7)6-15-11-9(13)4-8(12)5-14-11/h2-5H,6,13H2,1H3,(H,14,15). The van der Waals surface area contributed by atoms with Gasteiger partial charge in [0.15, 0.2) is 0 Å². The summed E-state index contributed by atoms with van der Waals surface area (Å²) in [6.45, 7) is 2.87. The van der Waals surface area contributed by atoms with Crippen LogP contribution < -0.4 is 11.1 Å². The Bertz CT molecular complexity index is 496. The van der Waals surface area contributed by atoms with Gasteiger partial charge in [0.25, 0.3) is 0 Å². The van der Waals surface area contributed by atoms with E-state index in [0.717, 1.165) is 16.8 Å². The summed E-state index contributed by atoms with van der Waals surface area (Å²) in [5, 5.41) is 5.32. The molecule has 0 saturated carbocycles. The van der Waals surface area contributed by atoms with Crippen molar-refractivity contribution in [2.75, 3.05) is 11.1 Å². The number of halogens is 1. The van der Waals surface area contributed by atoms with E-state index in [0.29, 0.717) is 5.69 Å². The first-order valence-corrected chi connectivity index (χ1v) is 6.52. The summed E-state index contributed by atoms with van der Waals surface area (Å²) in [6.07, 6.45) is 1.74. The fourth-order valence-electron chi connectivity index (χ4n) is 1.35. The molecule has 0 bridgehead atoms. The minimum Gasteiger partial charge on any atom is -0.396 e. The third-order valence-electron chi connectivity index (χ3n) is 2.27. The number of hydrogen-bond acceptors (Lipinski definition) is 4. The van der Waals surface area contributed by atoms with Gasteiger partial charge in [-0.1, -0.05) is 0 Å². The predicted molar refractivity (Wildman–Crippen MR) is 72.7 cm³/mol. The highest BCUT2D eigenvalue weighted by Crippen LogP contribution is 2.22. The Kier molecular flexibility index (Phi) is 3.46. The van der Waals surface area contributed by atoms with Gasteiger partial charge >= 0.3 is 0 Å². The van der Waals surface area contributed by atoms with Crippen molar-refractivity contribution in [1.82, 2.24) is 4.98 Å². The van der Waals surface area contributed by atoms with Crippen LogP contribution in [0.25, 0.3) is 0 Å². The Hall–Kier alpha value is -1.07. The van der Waals surface area contributed by atoms with Crippen molar-refractivity contribution in [2.24, 2.45) is 0 Å². The summed E-state index contributed by atoms with van der Waals surface area (Å²) in [5.41, 5.74) is 7.80. The molecule has 0 radical (unpaired) electrons. The molecule has 0 spiro atoms. The van der Waals surface area contributed by atoms with Crippen molar-refractivity contribution in [2.45, 2.75) is 13.5 Å². The van der Waals surface area contributed by atoms with E-state index < -0.39 is 0 Å². The maximum Gasteiger partial charge on any atom is 0.149 e. The van der Waals surface area contributed by atoms with E-state index in [9.17, 15) is 0 Å². The molecule has 2 aromatic rings. The van der Waals surface area contributed by atoms with Crippen LogP contribution in [-0.4, -0.2) is 4.98 Å². The lowest BCUT2D eigenvalue weighted by atomic mass is 10.3. The van der Waals surface area contributed by atoms with Crippen LogP contribution >= 0.6 is 27.3 Å². The van der Waals surface area contributed by atoms with Crippen LogP contribution in [0, 0.1) is 6.92 Å². The smallest absolute Gasteiger partial charge is 0.149 e. The molecule has 0 fully saturated rings. The number of hydrogen-bond donors (Lipinski definition) is 2. The lowest BCUT2D eigenvalue weighted by Gasteiger charge is -2.07. The molecular weight excluding hydrogens is 286 g/mol. The fourth-order valence-corrected chi connectivity index (χ4v) is 2.55. The number of thiophene rings is 1. The van der Waals surface area contributed by atoms with Crippen molar-refractivity contribution < 1.29 is 0 Å². The summed E-state index contributed by atoms with van der Waals surface area (Å²) in [6, 6.07) is 3.96. The van der Waals surface area contributed by atoms with E-state index in [2.05, 4.69) is 44.6 Å². The van der Waals surface area contributed by atoms with E-state index in [1.54, 1.807) is 17.5 Å². The molecule has 3 nitrogen and oxygen atoms in total. The van der Waals surface area contributed by atoms with Crippen LogP contribution in [-0.2, 0) is 6.54 Å². The molecular formula is C11H12BrN3S. The Labute approximate surface area is 107 Å². The number of anilines is 2. The topological polar surface area (TPSA) is 50.9 Å². The van der Waals surface area contributed by atoms with Crippen LogP contribution in [0.1, 0.15) is 10.4 Å². The lowest BCUT2D eigenvalue weighted by Crippen LogP contribution is -2.04. The summed E-state index contributed by atoms with van der Waals surface area (Å²) < 4.78 is 0.892. The van der Waals surface area contributed by atoms with E-state index in [1.165, 1.54) is 10.4 Å².